The van der Waals surface area contributed by atoms with Gasteiger partial charge in [0.05, 0.1) is 54.7 Å². The van der Waals surface area contributed by atoms with Crippen LogP contribution >= 0.6 is 0 Å². The SMILES string of the molecule is C=CC(=O)c1cnc(C)cn1.CNCCC(=O)c1cnc(C)cn1.CON(C)C(=O)c1cnc(C)cn1.Cc1cnc(C(=O)CCN(C)C(=O)OC(C)(C)C)cn1. The van der Waals surface area contributed by atoms with Crippen LogP contribution in [0.2, 0.25) is 0 Å². The number of carbonyl (C=O) groups is 5. The maximum atomic E-state index is 11.9. The minimum Gasteiger partial charge on any atom is -0.444 e. The molecule has 57 heavy (non-hydrogen) atoms. The van der Waals surface area contributed by atoms with Crippen molar-refractivity contribution in [2.75, 3.05) is 41.3 Å². The van der Waals surface area contributed by atoms with Crippen LogP contribution < -0.4 is 5.32 Å². The molecule has 4 aromatic heterocycles. The second-order valence-electron chi connectivity index (χ2n) is 13.1. The van der Waals surface area contributed by atoms with Crippen molar-refractivity contribution in [2.24, 2.45) is 0 Å². The van der Waals surface area contributed by atoms with Crippen LogP contribution in [0.3, 0.4) is 0 Å². The third-order valence-electron chi connectivity index (χ3n) is 6.89. The van der Waals surface area contributed by atoms with Gasteiger partial charge in [-0.1, -0.05) is 6.58 Å². The maximum absolute atomic E-state index is 11.9. The molecule has 0 fully saturated rings. The summed E-state index contributed by atoms with van der Waals surface area (Å²) in [5.41, 5.74) is 3.98. The molecule has 0 atom stereocenters. The number of hydroxylamine groups is 2. The topological polar surface area (TPSA) is 225 Å². The number of aryl methyl sites for hydroxylation is 4. The lowest BCUT2D eigenvalue weighted by Crippen LogP contribution is -2.35. The number of nitrogens with one attached hydrogen (secondary N) is 1. The van der Waals surface area contributed by atoms with Gasteiger partial charge >= 0.3 is 6.09 Å². The van der Waals surface area contributed by atoms with E-state index in [4.69, 9.17) is 9.57 Å². The molecule has 0 bridgehead atoms. The van der Waals surface area contributed by atoms with Crippen molar-refractivity contribution in [3.63, 3.8) is 0 Å². The molecular formula is C39H53N11O7. The van der Waals surface area contributed by atoms with E-state index < -0.39 is 11.7 Å². The molecule has 18 heteroatoms. The lowest BCUT2D eigenvalue weighted by atomic mass is 10.2. The van der Waals surface area contributed by atoms with Gasteiger partial charge in [0.2, 0.25) is 5.78 Å². The fraction of sp³-hybridized carbons (Fsp3) is 0.410. The first kappa shape index (κ1) is 48.7. The highest BCUT2D eigenvalue weighted by molar-refractivity contribution is 6.02. The Morgan fingerprint density at radius 3 is 1.42 bits per heavy atom. The van der Waals surface area contributed by atoms with E-state index in [-0.39, 0.29) is 41.9 Å². The molecule has 0 saturated carbocycles. The van der Waals surface area contributed by atoms with E-state index >= 15 is 0 Å². The first-order valence-corrected chi connectivity index (χ1v) is 17.6. The van der Waals surface area contributed by atoms with Crippen molar-refractivity contribution in [3.05, 3.63) is 108 Å². The van der Waals surface area contributed by atoms with E-state index in [0.29, 0.717) is 30.0 Å². The van der Waals surface area contributed by atoms with Crippen LogP contribution in [0.25, 0.3) is 0 Å². The van der Waals surface area contributed by atoms with Crippen LogP contribution in [0.5, 0.6) is 0 Å². The van der Waals surface area contributed by atoms with E-state index in [2.05, 4.69) is 51.8 Å². The Kier molecular flexibility index (Phi) is 21.4. The summed E-state index contributed by atoms with van der Waals surface area (Å²) in [5.74, 6) is -0.623. The summed E-state index contributed by atoms with van der Waals surface area (Å²) in [6.45, 7) is 17.0. The summed E-state index contributed by atoms with van der Waals surface area (Å²) >= 11 is 0. The molecule has 0 aliphatic carbocycles. The third-order valence-corrected chi connectivity index (χ3v) is 6.89. The molecule has 0 saturated heterocycles. The molecule has 0 aromatic carbocycles. The average molecular weight is 788 g/mol. The van der Waals surface area contributed by atoms with Crippen molar-refractivity contribution in [3.8, 4) is 0 Å². The molecule has 0 aliphatic heterocycles. The van der Waals surface area contributed by atoms with Gasteiger partial charge in [-0.25, -0.2) is 29.8 Å². The summed E-state index contributed by atoms with van der Waals surface area (Å²) in [7, 11) is 6.35. The number of ketones is 3. The fourth-order valence-corrected chi connectivity index (χ4v) is 3.64. The van der Waals surface area contributed by atoms with Gasteiger partial charge in [0.25, 0.3) is 5.91 Å². The second kappa shape index (κ2) is 25.0. The highest BCUT2D eigenvalue weighted by Gasteiger charge is 2.20. The molecule has 4 aromatic rings. The molecular weight excluding hydrogens is 734 g/mol. The summed E-state index contributed by atoms with van der Waals surface area (Å²) in [6.07, 6.45) is 13.5. The monoisotopic (exact) mass is 787 g/mol. The Hall–Kier alpha value is -6.27. The zero-order valence-electron chi connectivity index (χ0n) is 34.6. The van der Waals surface area contributed by atoms with Crippen molar-refractivity contribution in [1.82, 2.24) is 55.2 Å². The fourth-order valence-electron chi connectivity index (χ4n) is 3.64. The Balaban J connectivity index is 0.000000391. The lowest BCUT2D eigenvalue weighted by molar-refractivity contribution is -0.0760. The highest BCUT2D eigenvalue weighted by atomic mass is 16.7. The van der Waals surface area contributed by atoms with Crippen LogP contribution in [0, 0.1) is 27.7 Å². The van der Waals surface area contributed by atoms with Crippen LogP contribution in [0.15, 0.2) is 62.2 Å². The normalized spacial score (nSPS) is 10.2. The van der Waals surface area contributed by atoms with Gasteiger partial charge in [0.1, 0.15) is 28.4 Å². The smallest absolute Gasteiger partial charge is 0.410 e. The van der Waals surface area contributed by atoms with Gasteiger partial charge in [-0.15, -0.1) is 0 Å². The number of nitrogens with zero attached hydrogens (tertiary/aromatic N) is 10. The van der Waals surface area contributed by atoms with E-state index in [9.17, 15) is 24.0 Å². The number of amides is 2. The van der Waals surface area contributed by atoms with Crippen molar-refractivity contribution >= 4 is 29.4 Å². The Morgan fingerprint density at radius 1 is 0.667 bits per heavy atom. The summed E-state index contributed by atoms with van der Waals surface area (Å²) in [5, 5.41) is 4.01. The average Bonchev–Trinajstić information content (AvgIpc) is 3.19. The molecule has 0 spiro atoms. The first-order valence-electron chi connectivity index (χ1n) is 17.6. The number of ether oxygens (including phenoxy) is 1. The molecule has 4 heterocycles. The lowest BCUT2D eigenvalue weighted by Gasteiger charge is -2.24. The largest absolute Gasteiger partial charge is 0.444 e. The minimum atomic E-state index is -0.544. The highest BCUT2D eigenvalue weighted by Crippen LogP contribution is 2.10. The van der Waals surface area contributed by atoms with Crippen LogP contribution in [0.1, 0.15) is 98.3 Å². The number of carbonyl (C=O) groups excluding carboxylic acids is 5. The van der Waals surface area contributed by atoms with Crippen molar-refractivity contribution in [1.29, 1.82) is 0 Å². The zero-order chi connectivity index (χ0) is 43.1. The predicted octanol–water partition coefficient (Wildman–Crippen LogP) is 4.37. The Bertz CT molecular complexity index is 1880. The standard InChI is InChI=1S/C14H21N3O3.C9H13N3O.C8H11N3O2.C8H8N2O/c1-10-8-16-11(9-15-10)12(18)6-7-17(5)13(19)20-14(2,3)4;1-7-5-12-8(6-11-7)9(13)3-4-10-2;1-6-4-10-7(5-9-6)8(12)11(2)13-3;1-3-8(11)7-5-9-6(2)4-10-7/h8-9H,6-7H2,1-5H3;5-6,10H,3-4H2,1-2H3;4-5H,1-3H3;3-5H,1H2,2H3. The van der Waals surface area contributed by atoms with Crippen LogP contribution in [-0.2, 0) is 9.57 Å². The summed E-state index contributed by atoms with van der Waals surface area (Å²) < 4.78 is 5.20. The third kappa shape index (κ3) is 19.8. The zero-order valence-corrected chi connectivity index (χ0v) is 34.6. The van der Waals surface area contributed by atoms with Crippen molar-refractivity contribution in [2.45, 2.75) is 66.9 Å². The quantitative estimate of drug-likeness (QED) is 0.119. The Labute approximate surface area is 333 Å². The summed E-state index contributed by atoms with van der Waals surface area (Å²) in [6, 6.07) is 0. The molecule has 1 N–H and O–H groups in total. The van der Waals surface area contributed by atoms with Gasteiger partial charge in [-0.3, -0.25) is 44.0 Å². The molecule has 306 valence electrons. The molecule has 0 unspecified atom stereocenters. The first-order chi connectivity index (χ1) is 26.8. The second-order valence-corrected chi connectivity index (χ2v) is 13.1. The van der Waals surface area contributed by atoms with Gasteiger partial charge in [0, 0.05) is 64.8 Å². The molecule has 18 nitrogen and oxygen atoms in total. The molecule has 4 rings (SSSR count). The maximum Gasteiger partial charge on any atom is 0.410 e. The van der Waals surface area contributed by atoms with Crippen molar-refractivity contribution < 1.29 is 33.5 Å². The number of aromatic nitrogens is 8. The minimum absolute atomic E-state index is 0.0295. The number of Topliss-reactive ketones (excluding diaryl/α,β-unsaturated/α-hetero) is 2. The van der Waals surface area contributed by atoms with E-state index in [1.165, 1.54) is 56.1 Å². The van der Waals surface area contributed by atoms with E-state index in [1.54, 1.807) is 60.3 Å². The Morgan fingerprint density at radius 2 is 1.07 bits per heavy atom. The molecule has 0 aliphatic rings. The molecule has 0 radical (unpaired) electrons. The van der Waals surface area contributed by atoms with Gasteiger partial charge in [-0.2, -0.15) is 0 Å². The number of hydrogen-bond acceptors (Lipinski definition) is 16. The predicted molar refractivity (Wildman–Crippen MR) is 211 cm³/mol. The van der Waals surface area contributed by atoms with Gasteiger partial charge in [-0.05, 0) is 61.6 Å². The number of allylic oxidation sites excluding steroid dienone is 1. The van der Waals surface area contributed by atoms with E-state index in [0.717, 1.165) is 27.8 Å². The number of hydrogen-bond donors (Lipinski definition) is 1. The number of rotatable bonds is 12. The summed E-state index contributed by atoms with van der Waals surface area (Å²) in [4.78, 5) is 95.0. The van der Waals surface area contributed by atoms with Crippen LogP contribution in [0.4, 0.5) is 4.79 Å². The van der Waals surface area contributed by atoms with Crippen LogP contribution in [-0.4, -0.2) is 126 Å². The van der Waals surface area contributed by atoms with Gasteiger partial charge < -0.3 is 15.0 Å². The van der Waals surface area contributed by atoms with E-state index in [1.807, 2.05) is 20.9 Å². The van der Waals surface area contributed by atoms with Gasteiger partial charge in [0.15, 0.2) is 11.6 Å². The molecule has 2 amide bonds.